The SMILES string of the molecule is C=C(Cl)CNCC(O)COC(C)CC(C)C. The fraction of sp³-hybridized carbons (Fsp3) is 0.833. The Balaban J connectivity index is 3.49. The molecule has 2 atom stereocenters. The summed E-state index contributed by atoms with van der Waals surface area (Å²) >= 11 is 5.58. The van der Waals surface area contributed by atoms with Crippen LogP contribution in [-0.2, 0) is 4.74 Å². The minimum atomic E-state index is -0.495. The summed E-state index contributed by atoms with van der Waals surface area (Å²) in [4.78, 5) is 0. The van der Waals surface area contributed by atoms with Crippen molar-refractivity contribution in [2.24, 2.45) is 5.92 Å². The third-order valence-electron chi connectivity index (χ3n) is 2.07. The van der Waals surface area contributed by atoms with Crippen LogP contribution >= 0.6 is 11.6 Å². The van der Waals surface area contributed by atoms with E-state index in [1.54, 1.807) is 0 Å². The molecule has 0 aliphatic carbocycles. The topological polar surface area (TPSA) is 41.5 Å². The Morgan fingerprint density at radius 3 is 2.56 bits per heavy atom. The van der Waals surface area contributed by atoms with Crippen LogP contribution in [0.5, 0.6) is 0 Å². The van der Waals surface area contributed by atoms with Gasteiger partial charge in [-0.05, 0) is 19.3 Å². The van der Waals surface area contributed by atoms with E-state index in [1.807, 2.05) is 6.92 Å². The third-order valence-corrected chi connectivity index (χ3v) is 2.21. The lowest BCUT2D eigenvalue weighted by molar-refractivity contribution is -0.00821. The first-order valence-electron chi connectivity index (χ1n) is 5.75. The molecule has 0 aliphatic heterocycles. The molecule has 0 spiro atoms. The number of rotatable bonds is 9. The summed E-state index contributed by atoms with van der Waals surface area (Å²) in [6.07, 6.45) is 0.710. The minimum Gasteiger partial charge on any atom is -0.389 e. The van der Waals surface area contributed by atoms with Crippen LogP contribution in [0.2, 0.25) is 0 Å². The fourth-order valence-electron chi connectivity index (χ4n) is 1.44. The van der Waals surface area contributed by atoms with E-state index in [0.717, 1.165) is 6.42 Å². The van der Waals surface area contributed by atoms with Gasteiger partial charge in [0.25, 0.3) is 0 Å². The van der Waals surface area contributed by atoms with E-state index in [9.17, 15) is 5.11 Å². The summed E-state index contributed by atoms with van der Waals surface area (Å²) in [5.74, 6) is 0.616. The van der Waals surface area contributed by atoms with Crippen LogP contribution in [0.4, 0.5) is 0 Å². The smallest absolute Gasteiger partial charge is 0.0897 e. The van der Waals surface area contributed by atoms with E-state index in [-0.39, 0.29) is 6.10 Å². The molecular formula is C12H24ClNO2. The van der Waals surface area contributed by atoms with Crippen molar-refractivity contribution < 1.29 is 9.84 Å². The van der Waals surface area contributed by atoms with Gasteiger partial charge in [0.05, 0.1) is 18.8 Å². The van der Waals surface area contributed by atoms with Gasteiger partial charge in [0.1, 0.15) is 0 Å². The molecule has 0 amide bonds. The predicted octanol–water partition coefficient (Wildman–Crippen LogP) is 2.14. The minimum absolute atomic E-state index is 0.192. The van der Waals surface area contributed by atoms with E-state index in [2.05, 4.69) is 25.7 Å². The number of halogens is 1. The second kappa shape index (κ2) is 8.99. The number of hydrogen-bond donors (Lipinski definition) is 2. The van der Waals surface area contributed by atoms with Gasteiger partial charge in [-0.3, -0.25) is 0 Å². The first-order valence-corrected chi connectivity index (χ1v) is 6.13. The molecule has 0 heterocycles. The van der Waals surface area contributed by atoms with Crippen molar-refractivity contribution >= 4 is 11.6 Å². The van der Waals surface area contributed by atoms with Crippen molar-refractivity contribution in [2.75, 3.05) is 19.7 Å². The molecule has 3 nitrogen and oxygen atoms in total. The first kappa shape index (κ1) is 15.9. The van der Waals surface area contributed by atoms with Crippen molar-refractivity contribution in [1.29, 1.82) is 0 Å². The van der Waals surface area contributed by atoms with Crippen molar-refractivity contribution in [3.05, 3.63) is 11.6 Å². The highest BCUT2D eigenvalue weighted by atomic mass is 35.5. The van der Waals surface area contributed by atoms with Crippen LogP contribution < -0.4 is 5.32 Å². The molecule has 96 valence electrons. The maximum Gasteiger partial charge on any atom is 0.0897 e. The molecule has 0 aromatic carbocycles. The lowest BCUT2D eigenvalue weighted by Crippen LogP contribution is -2.32. The summed E-state index contributed by atoms with van der Waals surface area (Å²) in [6.45, 7) is 11.2. The van der Waals surface area contributed by atoms with Gasteiger partial charge in [-0.25, -0.2) is 0 Å². The molecule has 0 aromatic heterocycles. The second-order valence-electron chi connectivity index (χ2n) is 4.58. The zero-order valence-electron chi connectivity index (χ0n) is 10.5. The Labute approximate surface area is 104 Å². The van der Waals surface area contributed by atoms with Crippen molar-refractivity contribution in [3.8, 4) is 0 Å². The second-order valence-corrected chi connectivity index (χ2v) is 5.11. The molecule has 2 N–H and O–H groups in total. The van der Waals surface area contributed by atoms with Crippen LogP contribution in [0.15, 0.2) is 11.6 Å². The maximum atomic E-state index is 9.58. The van der Waals surface area contributed by atoms with E-state index in [1.165, 1.54) is 0 Å². The van der Waals surface area contributed by atoms with Crippen molar-refractivity contribution in [3.63, 3.8) is 0 Å². The molecule has 0 saturated heterocycles. The predicted molar refractivity (Wildman–Crippen MR) is 68.7 cm³/mol. The Morgan fingerprint density at radius 1 is 1.44 bits per heavy atom. The Bertz CT molecular complexity index is 197. The normalized spacial score (nSPS) is 15.1. The number of ether oxygens (including phenoxy) is 1. The van der Waals surface area contributed by atoms with Gasteiger partial charge in [-0.2, -0.15) is 0 Å². The summed E-state index contributed by atoms with van der Waals surface area (Å²) in [7, 11) is 0. The molecule has 16 heavy (non-hydrogen) atoms. The monoisotopic (exact) mass is 249 g/mol. The van der Waals surface area contributed by atoms with Crippen molar-refractivity contribution in [2.45, 2.75) is 39.4 Å². The lowest BCUT2D eigenvalue weighted by atomic mass is 10.1. The molecule has 0 bridgehead atoms. The number of hydrogen-bond acceptors (Lipinski definition) is 3. The van der Waals surface area contributed by atoms with Gasteiger partial charge in [-0.1, -0.05) is 32.0 Å². The van der Waals surface area contributed by atoms with Gasteiger partial charge in [0.2, 0.25) is 0 Å². The van der Waals surface area contributed by atoms with Gasteiger partial charge >= 0.3 is 0 Å². The van der Waals surface area contributed by atoms with E-state index in [0.29, 0.717) is 30.6 Å². The van der Waals surface area contributed by atoms with Gasteiger partial charge in [0, 0.05) is 18.1 Å². The maximum absolute atomic E-state index is 9.58. The van der Waals surface area contributed by atoms with Crippen LogP contribution in [0.1, 0.15) is 27.2 Å². The van der Waals surface area contributed by atoms with Crippen LogP contribution in [0.25, 0.3) is 0 Å². The first-order chi connectivity index (χ1) is 7.41. The molecule has 0 saturated carbocycles. The van der Waals surface area contributed by atoms with Gasteiger partial charge in [-0.15, -0.1) is 0 Å². The standard InChI is InChI=1S/C12H24ClNO2/c1-9(2)5-11(4)16-8-12(15)7-14-6-10(3)13/h9,11-12,14-15H,3,5-8H2,1-2,4H3. The molecular weight excluding hydrogens is 226 g/mol. The zero-order valence-corrected chi connectivity index (χ0v) is 11.3. The number of nitrogens with one attached hydrogen (secondary N) is 1. The van der Waals surface area contributed by atoms with Crippen LogP contribution in [0, 0.1) is 5.92 Å². The third kappa shape index (κ3) is 10.4. The van der Waals surface area contributed by atoms with Gasteiger partial charge < -0.3 is 15.2 Å². The largest absolute Gasteiger partial charge is 0.389 e. The van der Waals surface area contributed by atoms with Crippen LogP contribution in [0.3, 0.4) is 0 Å². The molecule has 0 aliphatic rings. The summed E-state index contributed by atoms with van der Waals surface area (Å²) < 4.78 is 5.53. The number of aliphatic hydroxyl groups is 1. The lowest BCUT2D eigenvalue weighted by Gasteiger charge is -2.18. The van der Waals surface area contributed by atoms with Crippen molar-refractivity contribution in [1.82, 2.24) is 5.32 Å². The highest BCUT2D eigenvalue weighted by molar-refractivity contribution is 6.29. The molecule has 4 heteroatoms. The summed E-state index contributed by atoms with van der Waals surface area (Å²) in [5.41, 5.74) is 0. The number of aliphatic hydroxyl groups excluding tert-OH is 1. The molecule has 0 rings (SSSR count). The zero-order chi connectivity index (χ0) is 12.6. The quantitative estimate of drug-likeness (QED) is 0.658. The average Bonchev–Trinajstić information content (AvgIpc) is 2.13. The van der Waals surface area contributed by atoms with Gasteiger partial charge in [0.15, 0.2) is 0 Å². The molecule has 0 aromatic rings. The Hall–Kier alpha value is -0.0900. The van der Waals surface area contributed by atoms with E-state index >= 15 is 0 Å². The molecule has 2 unspecified atom stereocenters. The Kier molecular flexibility index (Phi) is 8.94. The molecule has 0 fully saturated rings. The van der Waals surface area contributed by atoms with Crippen LogP contribution in [-0.4, -0.2) is 37.0 Å². The summed E-state index contributed by atoms with van der Waals surface area (Å²) in [6, 6.07) is 0. The highest BCUT2D eigenvalue weighted by Gasteiger charge is 2.09. The fourth-order valence-corrected chi connectivity index (χ4v) is 1.54. The molecule has 0 radical (unpaired) electrons. The Morgan fingerprint density at radius 2 is 2.06 bits per heavy atom. The average molecular weight is 250 g/mol. The van der Waals surface area contributed by atoms with E-state index in [4.69, 9.17) is 16.3 Å². The summed E-state index contributed by atoms with van der Waals surface area (Å²) in [5, 5.41) is 13.1. The highest BCUT2D eigenvalue weighted by Crippen LogP contribution is 2.07. The van der Waals surface area contributed by atoms with E-state index < -0.39 is 6.10 Å².